The summed E-state index contributed by atoms with van der Waals surface area (Å²) >= 11 is 0. The van der Waals surface area contributed by atoms with Gasteiger partial charge in [-0.1, -0.05) is 61.4 Å². The topological polar surface area (TPSA) is 37.9 Å². The highest BCUT2D eigenvalue weighted by Crippen LogP contribution is 2.36. The fourth-order valence-corrected chi connectivity index (χ4v) is 6.88. The Bertz CT molecular complexity index is 1810. The molecule has 0 saturated carbocycles. The van der Waals surface area contributed by atoms with Crippen molar-refractivity contribution in [1.82, 2.24) is 9.97 Å². The van der Waals surface area contributed by atoms with Crippen molar-refractivity contribution in [2.24, 2.45) is 17.8 Å². The number of allylic oxidation sites excluding steroid dienone is 2. The lowest BCUT2D eigenvalue weighted by Gasteiger charge is -2.27. The third-order valence-corrected chi connectivity index (χ3v) is 9.42. The molecule has 2 heterocycles. The molecule has 4 aromatic rings. The van der Waals surface area contributed by atoms with Gasteiger partial charge in [-0.2, -0.15) is 13.2 Å². The van der Waals surface area contributed by atoms with Gasteiger partial charge in [0.25, 0.3) is 0 Å². The van der Waals surface area contributed by atoms with Crippen molar-refractivity contribution in [3.05, 3.63) is 94.1 Å². The summed E-state index contributed by atoms with van der Waals surface area (Å²) in [6.07, 6.45) is 4.21. The summed E-state index contributed by atoms with van der Waals surface area (Å²) in [5.74, 6) is 2.17. The summed E-state index contributed by atoms with van der Waals surface area (Å²) in [6.45, 7) is 8.53. The Kier molecular flexibility index (Phi) is 7.97. The molecule has 0 spiro atoms. The molecule has 1 aliphatic carbocycles. The van der Waals surface area contributed by atoms with Crippen LogP contribution < -0.4 is 15.2 Å². The Morgan fingerprint density at radius 1 is 0.977 bits per heavy atom. The molecule has 2 aliphatic rings. The molecule has 1 aliphatic heterocycles. The maximum Gasteiger partial charge on any atom is 0.417 e. The van der Waals surface area contributed by atoms with E-state index in [1.807, 2.05) is 32.9 Å². The van der Waals surface area contributed by atoms with Crippen LogP contribution in [0.25, 0.3) is 33.3 Å². The minimum atomic E-state index is -4.40. The minimum absolute atomic E-state index is 0.0589. The number of nitrogens with zero attached hydrogens (tertiary/aromatic N) is 1. The van der Waals surface area contributed by atoms with Gasteiger partial charge in [0.05, 0.1) is 23.2 Å². The van der Waals surface area contributed by atoms with Gasteiger partial charge < -0.3 is 9.72 Å². The average molecular weight is 585 g/mol. The van der Waals surface area contributed by atoms with E-state index < -0.39 is 11.7 Å². The summed E-state index contributed by atoms with van der Waals surface area (Å²) in [7, 11) is 0. The molecule has 43 heavy (non-hydrogen) atoms. The number of H-pyrrole nitrogens is 1. The lowest BCUT2D eigenvalue weighted by molar-refractivity contribution is -0.138. The predicted molar refractivity (Wildman–Crippen MR) is 168 cm³/mol. The second-order valence-electron chi connectivity index (χ2n) is 12.2. The molecule has 0 amide bonds. The van der Waals surface area contributed by atoms with E-state index in [1.165, 1.54) is 11.6 Å². The van der Waals surface area contributed by atoms with Crippen molar-refractivity contribution in [3.8, 4) is 16.9 Å². The molecule has 0 fully saturated rings. The van der Waals surface area contributed by atoms with E-state index in [0.29, 0.717) is 17.7 Å². The zero-order valence-electron chi connectivity index (χ0n) is 25.3. The maximum atomic E-state index is 14.3. The number of hydrogen-bond donors (Lipinski definition) is 1. The van der Waals surface area contributed by atoms with Crippen LogP contribution in [0.3, 0.4) is 0 Å². The molecule has 3 unspecified atom stereocenters. The van der Waals surface area contributed by atoms with Crippen LogP contribution in [0.5, 0.6) is 5.75 Å². The number of nitrogens with one attached hydrogen (secondary N) is 1. The summed E-state index contributed by atoms with van der Waals surface area (Å²) in [5, 5.41) is 1.15. The lowest BCUT2D eigenvalue weighted by atomic mass is 9.80. The van der Waals surface area contributed by atoms with Crippen LogP contribution in [0.2, 0.25) is 0 Å². The fourth-order valence-electron chi connectivity index (χ4n) is 6.88. The molecule has 3 nitrogen and oxygen atoms in total. The highest BCUT2D eigenvalue weighted by molar-refractivity contribution is 5.82. The van der Waals surface area contributed by atoms with Crippen LogP contribution in [0, 0.1) is 24.7 Å². The normalized spacial score (nSPS) is 21.0. The molecule has 1 aromatic heterocycles. The van der Waals surface area contributed by atoms with E-state index in [2.05, 4.69) is 59.4 Å². The highest BCUT2D eigenvalue weighted by Gasteiger charge is 2.33. The van der Waals surface area contributed by atoms with Crippen molar-refractivity contribution in [2.45, 2.75) is 66.0 Å². The molecule has 0 radical (unpaired) electrons. The Morgan fingerprint density at radius 2 is 1.77 bits per heavy atom. The fraction of sp³-hybridized carbons (Fsp3) is 0.378. The zero-order chi connectivity index (χ0) is 30.3. The number of aryl methyl sites for hydroxylation is 2. The first kappa shape index (κ1) is 29.3. The SMILES string of the molecule is CCC1C=CC(C)C(C)=c2c(C(F)(F)F)cccc2=C1CC1CCOc2ccc(-c3ccc4nc(C)[nH]c4c3)cc2CC1. The number of benzene rings is 3. The van der Waals surface area contributed by atoms with E-state index in [-0.39, 0.29) is 11.8 Å². The van der Waals surface area contributed by atoms with Gasteiger partial charge in [-0.3, -0.25) is 0 Å². The molecular weight excluding hydrogens is 545 g/mol. The zero-order valence-corrected chi connectivity index (χ0v) is 25.3. The number of alkyl halides is 3. The summed E-state index contributed by atoms with van der Waals surface area (Å²) in [6, 6.07) is 17.4. The third-order valence-electron chi connectivity index (χ3n) is 9.42. The maximum absolute atomic E-state index is 14.3. The molecule has 3 aromatic carbocycles. The largest absolute Gasteiger partial charge is 0.493 e. The van der Waals surface area contributed by atoms with Gasteiger partial charge in [0.1, 0.15) is 11.6 Å². The van der Waals surface area contributed by atoms with Crippen LogP contribution in [-0.4, -0.2) is 16.6 Å². The van der Waals surface area contributed by atoms with Gasteiger partial charge in [-0.15, -0.1) is 0 Å². The van der Waals surface area contributed by atoms with Crippen LogP contribution >= 0.6 is 0 Å². The number of aromatic amines is 1. The lowest BCUT2D eigenvalue weighted by Crippen LogP contribution is -2.38. The first-order valence-corrected chi connectivity index (χ1v) is 15.4. The summed E-state index contributed by atoms with van der Waals surface area (Å²) < 4.78 is 49.1. The molecule has 6 heteroatoms. The molecule has 0 saturated heterocycles. The Labute approximate surface area is 251 Å². The highest BCUT2D eigenvalue weighted by atomic mass is 19.4. The standard InChI is InChI=1S/C37H39F3N2O/c1-5-26-11-9-22(2)23(3)36-30(7-6-8-32(36)37(38,39)40)31(26)19-25-10-12-29-20-27(14-16-35(29)43-18-17-25)28-13-15-33-34(21-28)42-24(4)41-33/h6-9,11,13-16,20-22,25-26H,5,10,12,17-19H2,1-4H3,(H,41,42). The van der Waals surface area contributed by atoms with Gasteiger partial charge in [0, 0.05) is 0 Å². The molecule has 224 valence electrons. The number of halogens is 3. The Morgan fingerprint density at radius 3 is 2.56 bits per heavy atom. The van der Waals surface area contributed by atoms with Gasteiger partial charge in [-0.05, 0) is 121 Å². The van der Waals surface area contributed by atoms with Crippen molar-refractivity contribution in [2.75, 3.05) is 6.61 Å². The second kappa shape index (κ2) is 11.7. The van der Waals surface area contributed by atoms with Crippen molar-refractivity contribution in [1.29, 1.82) is 0 Å². The van der Waals surface area contributed by atoms with E-state index in [9.17, 15) is 13.2 Å². The van der Waals surface area contributed by atoms with Gasteiger partial charge in [0.15, 0.2) is 0 Å². The van der Waals surface area contributed by atoms with Gasteiger partial charge in [0.2, 0.25) is 0 Å². The molecule has 6 rings (SSSR count). The Hall–Kier alpha value is -3.80. The van der Waals surface area contributed by atoms with E-state index in [4.69, 9.17) is 4.74 Å². The van der Waals surface area contributed by atoms with Crippen LogP contribution in [0.1, 0.15) is 63.4 Å². The van der Waals surface area contributed by atoms with Crippen LogP contribution in [0.15, 0.2) is 66.7 Å². The minimum Gasteiger partial charge on any atom is -0.493 e. The molecule has 3 atom stereocenters. The van der Waals surface area contributed by atoms with E-state index >= 15 is 0 Å². The number of aromatic nitrogens is 2. The molecule has 1 N–H and O–H groups in total. The van der Waals surface area contributed by atoms with Crippen molar-refractivity contribution < 1.29 is 17.9 Å². The number of rotatable bonds is 4. The number of fused-ring (bicyclic) bond motifs is 3. The van der Waals surface area contributed by atoms with Crippen LogP contribution in [0.4, 0.5) is 13.2 Å². The van der Waals surface area contributed by atoms with Crippen LogP contribution in [-0.2, 0) is 12.6 Å². The van der Waals surface area contributed by atoms with Gasteiger partial charge >= 0.3 is 6.18 Å². The number of hydrogen-bond acceptors (Lipinski definition) is 2. The van der Waals surface area contributed by atoms with E-state index in [0.717, 1.165) is 82.2 Å². The first-order valence-electron chi connectivity index (χ1n) is 15.4. The summed E-state index contributed by atoms with van der Waals surface area (Å²) in [4.78, 5) is 7.85. The number of imidazole rings is 1. The monoisotopic (exact) mass is 584 g/mol. The summed E-state index contributed by atoms with van der Waals surface area (Å²) in [5.41, 5.74) is 6.77. The smallest absolute Gasteiger partial charge is 0.417 e. The number of ether oxygens (including phenoxy) is 1. The molecular formula is C37H39F3N2O. The van der Waals surface area contributed by atoms with E-state index in [1.54, 1.807) is 6.07 Å². The molecule has 0 bridgehead atoms. The average Bonchev–Trinajstić information content (AvgIpc) is 3.35. The van der Waals surface area contributed by atoms with Crippen molar-refractivity contribution in [3.63, 3.8) is 0 Å². The Balaban J connectivity index is 1.35. The second-order valence-corrected chi connectivity index (χ2v) is 12.2. The first-order chi connectivity index (χ1) is 20.6. The van der Waals surface area contributed by atoms with Crippen molar-refractivity contribution >= 4 is 22.2 Å². The quantitative estimate of drug-likeness (QED) is 0.244. The predicted octanol–water partition coefficient (Wildman–Crippen LogP) is 8.53. The third kappa shape index (κ3) is 5.89. The van der Waals surface area contributed by atoms with Gasteiger partial charge in [-0.25, -0.2) is 4.98 Å².